The first-order chi connectivity index (χ1) is 8.34. The number of hydrogen-bond acceptors (Lipinski definition) is 1. The molecule has 2 aromatic rings. The van der Waals surface area contributed by atoms with Crippen LogP contribution in [0.4, 0.5) is 4.39 Å². The quantitative estimate of drug-likeness (QED) is 0.860. The van der Waals surface area contributed by atoms with Crippen molar-refractivity contribution in [3.8, 4) is 0 Å². The molecule has 1 aromatic carbocycles. The van der Waals surface area contributed by atoms with Crippen LogP contribution >= 0.6 is 12.4 Å². The first-order valence-electron chi connectivity index (χ1n) is 6.30. The standard InChI is InChI=1S/C14H17FN2.ClH/c15-12-2-1-3-13-14(12)11(9-17-13)8-10-4-6-16-7-5-10;/h1-3,9-10,16-17H,4-8H2;1H. The summed E-state index contributed by atoms with van der Waals surface area (Å²) in [5.41, 5.74) is 2.04. The van der Waals surface area contributed by atoms with Crippen LogP contribution < -0.4 is 5.32 Å². The third-order valence-corrected chi connectivity index (χ3v) is 3.70. The number of benzene rings is 1. The second kappa shape index (κ2) is 5.72. The van der Waals surface area contributed by atoms with Crippen molar-refractivity contribution in [1.82, 2.24) is 10.3 Å². The maximum absolute atomic E-state index is 13.8. The molecule has 4 heteroatoms. The summed E-state index contributed by atoms with van der Waals surface area (Å²) < 4.78 is 13.8. The van der Waals surface area contributed by atoms with Crippen LogP contribution in [-0.2, 0) is 6.42 Å². The Bertz CT molecular complexity index is 517. The third kappa shape index (κ3) is 2.52. The number of fused-ring (bicyclic) bond motifs is 1. The summed E-state index contributed by atoms with van der Waals surface area (Å²) in [4.78, 5) is 3.16. The number of piperidine rings is 1. The summed E-state index contributed by atoms with van der Waals surface area (Å²) in [6.07, 6.45) is 5.35. The Labute approximate surface area is 112 Å². The van der Waals surface area contributed by atoms with E-state index in [0.29, 0.717) is 5.92 Å². The van der Waals surface area contributed by atoms with Crippen LogP contribution in [0, 0.1) is 11.7 Å². The van der Waals surface area contributed by atoms with Gasteiger partial charge in [0.2, 0.25) is 0 Å². The molecule has 0 radical (unpaired) electrons. The summed E-state index contributed by atoms with van der Waals surface area (Å²) in [5, 5.41) is 4.14. The largest absolute Gasteiger partial charge is 0.361 e. The van der Waals surface area contributed by atoms with Gasteiger partial charge in [0.25, 0.3) is 0 Å². The average Bonchev–Trinajstić information content (AvgIpc) is 2.75. The Balaban J connectivity index is 0.00000120. The predicted molar refractivity (Wildman–Crippen MR) is 74.8 cm³/mol. The molecule has 1 saturated heterocycles. The second-order valence-corrected chi connectivity index (χ2v) is 4.87. The van der Waals surface area contributed by atoms with Crippen LogP contribution in [0.3, 0.4) is 0 Å². The molecule has 0 bridgehead atoms. The van der Waals surface area contributed by atoms with Gasteiger partial charge in [-0.1, -0.05) is 6.07 Å². The summed E-state index contributed by atoms with van der Waals surface area (Å²) in [7, 11) is 0. The molecule has 98 valence electrons. The van der Waals surface area contributed by atoms with E-state index in [1.165, 1.54) is 12.8 Å². The molecule has 0 saturated carbocycles. The van der Waals surface area contributed by atoms with Gasteiger partial charge in [0.15, 0.2) is 0 Å². The SMILES string of the molecule is Cl.Fc1cccc2[nH]cc(CC3CCNCC3)c12. The number of halogens is 2. The van der Waals surface area contributed by atoms with E-state index >= 15 is 0 Å². The summed E-state index contributed by atoms with van der Waals surface area (Å²) in [6.45, 7) is 2.19. The van der Waals surface area contributed by atoms with Crippen LogP contribution in [0.1, 0.15) is 18.4 Å². The van der Waals surface area contributed by atoms with Gasteiger partial charge in [0.05, 0.1) is 0 Å². The normalized spacial score (nSPS) is 16.7. The fourth-order valence-electron chi connectivity index (χ4n) is 2.77. The van der Waals surface area contributed by atoms with E-state index < -0.39 is 0 Å². The highest BCUT2D eigenvalue weighted by molar-refractivity contribution is 5.85. The molecule has 1 aromatic heterocycles. The van der Waals surface area contributed by atoms with Gasteiger partial charge in [-0.2, -0.15) is 0 Å². The molecular formula is C14H18ClFN2. The summed E-state index contributed by atoms with van der Waals surface area (Å²) >= 11 is 0. The lowest BCUT2D eigenvalue weighted by Gasteiger charge is -2.22. The van der Waals surface area contributed by atoms with Gasteiger partial charge < -0.3 is 10.3 Å². The van der Waals surface area contributed by atoms with E-state index in [0.717, 1.165) is 36.0 Å². The number of aromatic nitrogens is 1. The first-order valence-corrected chi connectivity index (χ1v) is 6.30. The molecule has 1 aliphatic heterocycles. The number of nitrogens with one attached hydrogen (secondary N) is 2. The van der Waals surface area contributed by atoms with E-state index in [1.54, 1.807) is 12.1 Å². The molecule has 3 rings (SSSR count). The fraction of sp³-hybridized carbons (Fsp3) is 0.429. The minimum Gasteiger partial charge on any atom is -0.361 e. The van der Waals surface area contributed by atoms with Crippen LogP contribution in [0.5, 0.6) is 0 Å². The van der Waals surface area contributed by atoms with Crippen molar-refractivity contribution < 1.29 is 4.39 Å². The fourth-order valence-corrected chi connectivity index (χ4v) is 2.77. The molecular weight excluding hydrogens is 251 g/mol. The van der Waals surface area contributed by atoms with Gasteiger partial charge in [-0.25, -0.2) is 4.39 Å². The molecule has 0 aliphatic carbocycles. The number of rotatable bonds is 2. The third-order valence-electron chi connectivity index (χ3n) is 3.70. The molecule has 0 atom stereocenters. The van der Waals surface area contributed by atoms with Crippen LogP contribution in [0.15, 0.2) is 24.4 Å². The maximum atomic E-state index is 13.8. The molecule has 2 N–H and O–H groups in total. The van der Waals surface area contributed by atoms with E-state index in [4.69, 9.17) is 0 Å². The van der Waals surface area contributed by atoms with E-state index in [9.17, 15) is 4.39 Å². The van der Waals surface area contributed by atoms with E-state index in [1.807, 2.05) is 12.3 Å². The molecule has 2 nitrogen and oxygen atoms in total. The lowest BCUT2D eigenvalue weighted by atomic mass is 9.91. The van der Waals surface area contributed by atoms with Crippen molar-refractivity contribution in [2.75, 3.05) is 13.1 Å². The highest BCUT2D eigenvalue weighted by Gasteiger charge is 2.16. The lowest BCUT2D eigenvalue weighted by Crippen LogP contribution is -2.28. The van der Waals surface area contributed by atoms with Crippen LogP contribution in [0.25, 0.3) is 10.9 Å². The molecule has 1 fully saturated rings. The number of H-pyrrole nitrogens is 1. The topological polar surface area (TPSA) is 27.8 Å². The van der Waals surface area contributed by atoms with E-state index in [2.05, 4.69) is 10.3 Å². The minimum absolute atomic E-state index is 0. The van der Waals surface area contributed by atoms with Crippen molar-refractivity contribution in [3.63, 3.8) is 0 Å². The van der Waals surface area contributed by atoms with Gasteiger partial charge >= 0.3 is 0 Å². The van der Waals surface area contributed by atoms with Gasteiger partial charge in [-0.3, -0.25) is 0 Å². The molecule has 1 aliphatic rings. The zero-order valence-corrected chi connectivity index (χ0v) is 11.0. The van der Waals surface area contributed by atoms with E-state index in [-0.39, 0.29) is 18.2 Å². The highest BCUT2D eigenvalue weighted by Crippen LogP contribution is 2.26. The molecule has 0 unspecified atom stereocenters. The minimum atomic E-state index is -0.104. The first kappa shape index (κ1) is 13.4. The Kier molecular flexibility index (Phi) is 4.25. The van der Waals surface area contributed by atoms with Crippen molar-refractivity contribution in [2.24, 2.45) is 5.92 Å². The van der Waals surface area contributed by atoms with Crippen LogP contribution in [0.2, 0.25) is 0 Å². The highest BCUT2D eigenvalue weighted by atomic mass is 35.5. The molecule has 2 heterocycles. The zero-order chi connectivity index (χ0) is 11.7. The van der Waals surface area contributed by atoms with Crippen molar-refractivity contribution >= 4 is 23.3 Å². The van der Waals surface area contributed by atoms with Gasteiger partial charge in [-0.15, -0.1) is 12.4 Å². The Morgan fingerprint density at radius 1 is 1.22 bits per heavy atom. The zero-order valence-electron chi connectivity index (χ0n) is 10.2. The van der Waals surface area contributed by atoms with Crippen molar-refractivity contribution in [1.29, 1.82) is 0 Å². The monoisotopic (exact) mass is 268 g/mol. The summed E-state index contributed by atoms with van der Waals surface area (Å²) in [5.74, 6) is 0.586. The maximum Gasteiger partial charge on any atom is 0.132 e. The number of hydrogen-bond donors (Lipinski definition) is 2. The molecule has 0 amide bonds. The van der Waals surface area contributed by atoms with Gasteiger partial charge in [0, 0.05) is 17.1 Å². The Hall–Kier alpha value is -1.06. The molecule has 18 heavy (non-hydrogen) atoms. The van der Waals surface area contributed by atoms with Crippen molar-refractivity contribution in [3.05, 3.63) is 35.8 Å². The predicted octanol–water partition coefficient (Wildman–Crippen LogP) is 3.27. The Morgan fingerprint density at radius 3 is 2.78 bits per heavy atom. The molecule has 0 spiro atoms. The van der Waals surface area contributed by atoms with Crippen LogP contribution in [-0.4, -0.2) is 18.1 Å². The van der Waals surface area contributed by atoms with Gasteiger partial charge in [0.1, 0.15) is 5.82 Å². The summed E-state index contributed by atoms with van der Waals surface area (Å²) in [6, 6.07) is 5.23. The Morgan fingerprint density at radius 2 is 2.00 bits per heavy atom. The number of aromatic amines is 1. The smallest absolute Gasteiger partial charge is 0.132 e. The second-order valence-electron chi connectivity index (χ2n) is 4.87. The lowest BCUT2D eigenvalue weighted by molar-refractivity contribution is 0.373. The average molecular weight is 269 g/mol. The van der Waals surface area contributed by atoms with Gasteiger partial charge in [-0.05, 0) is 56.0 Å². The van der Waals surface area contributed by atoms with Crippen molar-refractivity contribution in [2.45, 2.75) is 19.3 Å².